The van der Waals surface area contributed by atoms with Gasteiger partial charge >= 0.3 is 12.1 Å². The number of rotatable bonds is 4. The van der Waals surface area contributed by atoms with Crippen LogP contribution in [0.2, 0.25) is 5.02 Å². The summed E-state index contributed by atoms with van der Waals surface area (Å²) in [6.45, 7) is 0.567. The molecule has 218 valence electrons. The van der Waals surface area contributed by atoms with Gasteiger partial charge in [0, 0.05) is 22.2 Å². The normalized spacial score (nSPS) is 15.7. The zero-order valence-corrected chi connectivity index (χ0v) is 22.4. The van der Waals surface area contributed by atoms with Crippen molar-refractivity contribution in [3.63, 3.8) is 0 Å². The second-order valence-corrected chi connectivity index (χ2v) is 9.11. The number of alkyl halides is 3. The Morgan fingerprint density at radius 3 is 2.71 bits per heavy atom. The Bertz CT molecular complexity index is 1590. The van der Waals surface area contributed by atoms with Gasteiger partial charge < -0.3 is 20.1 Å². The fourth-order valence-electron chi connectivity index (χ4n) is 3.82. The number of carboxylic acid groups (broad SMARTS) is 1. The van der Waals surface area contributed by atoms with Crippen molar-refractivity contribution in [3.8, 4) is 22.7 Å². The molecular formula is C27H23ClF3N7O4. The standard InChI is InChI=1S/C25H22ClN7O2.C2HF3O2/c26-18-10-11-22(33-16-28-31-32-33)17(14-18)9-12-24(34)29-20-7-2-1-5-13-35-23-8-4-3-6-19(23)21-15-27-25(20)30-21;3-2(4,5)1(6)7/h1-4,6,8-12,14-16,20H,5,7,13H2,(H,27,30)(H,29,34);(H,6,7)/b2-1+,12-9+;/t20-;/m0./s1. The van der Waals surface area contributed by atoms with Crippen molar-refractivity contribution in [1.82, 2.24) is 35.5 Å². The highest BCUT2D eigenvalue weighted by Gasteiger charge is 2.38. The number of carbonyl (C=O) groups excluding carboxylic acids is 1. The predicted octanol–water partition coefficient (Wildman–Crippen LogP) is 4.94. The largest absolute Gasteiger partial charge is 0.493 e. The van der Waals surface area contributed by atoms with Crippen LogP contribution in [0.3, 0.4) is 0 Å². The molecule has 1 aliphatic heterocycles. The first-order valence-electron chi connectivity index (χ1n) is 12.4. The van der Waals surface area contributed by atoms with E-state index in [1.807, 2.05) is 36.4 Å². The number of H-pyrrole nitrogens is 1. The number of aromatic nitrogens is 6. The lowest BCUT2D eigenvalue weighted by atomic mass is 10.1. The van der Waals surface area contributed by atoms with Crippen LogP contribution in [0, 0.1) is 0 Å². The molecule has 0 unspecified atom stereocenters. The molecule has 0 saturated heterocycles. The molecule has 0 aliphatic carbocycles. The minimum absolute atomic E-state index is 0.264. The fourth-order valence-corrected chi connectivity index (χ4v) is 4.00. The van der Waals surface area contributed by atoms with Crippen LogP contribution in [0.5, 0.6) is 5.75 Å². The van der Waals surface area contributed by atoms with Crippen molar-refractivity contribution < 1.29 is 32.6 Å². The number of carboxylic acids is 1. The minimum Gasteiger partial charge on any atom is -0.493 e. The molecule has 4 aromatic rings. The highest BCUT2D eigenvalue weighted by atomic mass is 35.5. The molecule has 0 saturated carbocycles. The number of carbonyl (C=O) groups is 2. The van der Waals surface area contributed by atoms with Crippen molar-refractivity contribution in [3.05, 3.63) is 89.6 Å². The number of fused-ring (bicyclic) bond motifs is 4. The summed E-state index contributed by atoms with van der Waals surface area (Å²) in [5, 5.41) is 22.0. The quantitative estimate of drug-likeness (QED) is 0.220. The molecule has 1 aliphatic rings. The van der Waals surface area contributed by atoms with Crippen LogP contribution in [0.25, 0.3) is 23.0 Å². The van der Waals surface area contributed by atoms with E-state index in [1.54, 1.807) is 30.5 Å². The molecule has 15 heteroatoms. The van der Waals surface area contributed by atoms with Crippen molar-refractivity contribution in [2.75, 3.05) is 6.61 Å². The summed E-state index contributed by atoms with van der Waals surface area (Å²) in [6, 6.07) is 12.8. The number of amides is 1. The second kappa shape index (κ2) is 13.6. The number of benzene rings is 2. The Balaban J connectivity index is 0.000000517. The topological polar surface area (TPSA) is 148 Å². The summed E-state index contributed by atoms with van der Waals surface area (Å²) in [6.07, 6.45) is 6.74. The van der Waals surface area contributed by atoms with Gasteiger partial charge in [0.05, 0.1) is 30.2 Å². The van der Waals surface area contributed by atoms with E-state index in [4.69, 9.17) is 26.2 Å². The molecule has 1 atom stereocenters. The molecule has 42 heavy (non-hydrogen) atoms. The molecule has 0 fully saturated rings. The third kappa shape index (κ3) is 8.04. The van der Waals surface area contributed by atoms with Gasteiger partial charge in [-0.3, -0.25) is 4.79 Å². The Hall–Kier alpha value is -4.98. The lowest BCUT2D eigenvalue weighted by molar-refractivity contribution is -0.192. The van der Waals surface area contributed by atoms with E-state index in [1.165, 1.54) is 17.1 Å². The fraction of sp³-hybridized carbons (Fsp3) is 0.185. The summed E-state index contributed by atoms with van der Waals surface area (Å²) in [4.78, 5) is 29.7. The van der Waals surface area contributed by atoms with Gasteiger partial charge in [0.15, 0.2) is 0 Å². The van der Waals surface area contributed by atoms with E-state index in [2.05, 4.69) is 30.8 Å². The van der Waals surface area contributed by atoms with Crippen LogP contribution in [-0.2, 0) is 9.59 Å². The Morgan fingerprint density at radius 1 is 1.19 bits per heavy atom. The molecule has 3 heterocycles. The zero-order chi connectivity index (χ0) is 30.1. The maximum atomic E-state index is 12.9. The number of aliphatic carboxylic acids is 1. The van der Waals surface area contributed by atoms with Crippen LogP contribution in [0.15, 0.2) is 73.2 Å². The number of nitrogens with zero attached hydrogens (tertiary/aromatic N) is 5. The molecule has 2 bridgehead atoms. The van der Waals surface area contributed by atoms with Crippen LogP contribution >= 0.6 is 11.6 Å². The number of halogens is 4. The van der Waals surface area contributed by atoms with Gasteiger partial charge in [0.1, 0.15) is 17.9 Å². The van der Waals surface area contributed by atoms with Gasteiger partial charge in [-0.2, -0.15) is 17.9 Å². The van der Waals surface area contributed by atoms with Crippen LogP contribution in [0.1, 0.15) is 30.3 Å². The van der Waals surface area contributed by atoms with E-state index in [9.17, 15) is 18.0 Å². The number of nitrogens with one attached hydrogen (secondary N) is 2. The number of imidazole rings is 1. The SMILES string of the molecule is O=C(/C=C/c1cc(Cl)ccc1-n1cnnn1)N[C@H]1C/C=C/CCOc2ccccc2-c2cnc1[nH]2.O=C(O)C(F)(F)F. The predicted molar refractivity (Wildman–Crippen MR) is 146 cm³/mol. The van der Waals surface area contributed by atoms with Crippen molar-refractivity contribution in [1.29, 1.82) is 0 Å². The summed E-state index contributed by atoms with van der Waals surface area (Å²) >= 11 is 6.17. The van der Waals surface area contributed by atoms with E-state index in [0.717, 1.165) is 23.4 Å². The highest BCUT2D eigenvalue weighted by Crippen LogP contribution is 2.30. The monoisotopic (exact) mass is 601 g/mol. The molecule has 11 nitrogen and oxygen atoms in total. The van der Waals surface area contributed by atoms with E-state index < -0.39 is 12.1 Å². The van der Waals surface area contributed by atoms with Crippen molar-refractivity contribution in [2.45, 2.75) is 25.1 Å². The van der Waals surface area contributed by atoms with Crippen LogP contribution < -0.4 is 10.1 Å². The molecule has 0 spiro atoms. The molecule has 2 aromatic carbocycles. The smallest absolute Gasteiger partial charge is 0.490 e. The Morgan fingerprint density at radius 2 is 1.98 bits per heavy atom. The lowest BCUT2D eigenvalue weighted by Gasteiger charge is -2.15. The van der Waals surface area contributed by atoms with Gasteiger partial charge in [-0.15, -0.1) is 5.10 Å². The first-order valence-corrected chi connectivity index (χ1v) is 12.7. The van der Waals surface area contributed by atoms with Gasteiger partial charge in [-0.25, -0.2) is 9.78 Å². The maximum Gasteiger partial charge on any atom is 0.490 e. The van der Waals surface area contributed by atoms with Crippen LogP contribution in [0.4, 0.5) is 13.2 Å². The van der Waals surface area contributed by atoms with Gasteiger partial charge in [0.25, 0.3) is 0 Å². The number of hydrogen-bond donors (Lipinski definition) is 3. The number of hydrogen-bond acceptors (Lipinski definition) is 7. The molecule has 2 aromatic heterocycles. The van der Waals surface area contributed by atoms with E-state index in [-0.39, 0.29) is 11.9 Å². The maximum absolute atomic E-state index is 12.9. The summed E-state index contributed by atoms with van der Waals surface area (Å²) in [5.41, 5.74) is 3.17. The zero-order valence-electron chi connectivity index (χ0n) is 21.6. The molecular weight excluding hydrogens is 579 g/mol. The summed E-state index contributed by atoms with van der Waals surface area (Å²) in [7, 11) is 0. The number of aromatic amines is 1. The molecule has 3 N–H and O–H groups in total. The van der Waals surface area contributed by atoms with Gasteiger partial charge in [-0.1, -0.05) is 35.9 Å². The minimum atomic E-state index is -5.08. The average molecular weight is 602 g/mol. The lowest BCUT2D eigenvalue weighted by Crippen LogP contribution is -2.27. The third-order valence-corrected chi connectivity index (χ3v) is 5.98. The van der Waals surface area contributed by atoms with Gasteiger partial charge in [0.2, 0.25) is 5.91 Å². The first-order chi connectivity index (χ1) is 20.1. The molecule has 5 rings (SSSR count). The van der Waals surface area contributed by atoms with Gasteiger partial charge in [-0.05, 0) is 59.7 Å². The van der Waals surface area contributed by atoms with E-state index in [0.29, 0.717) is 35.1 Å². The Labute approximate surface area is 241 Å². The number of para-hydroxylation sites is 1. The third-order valence-electron chi connectivity index (χ3n) is 5.74. The summed E-state index contributed by atoms with van der Waals surface area (Å²) in [5.74, 6) is -1.56. The average Bonchev–Trinajstić information content (AvgIpc) is 3.66. The molecule has 0 radical (unpaired) electrons. The van der Waals surface area contributed by atoms with Crippen molar-refractivity contribution in [2.24, 2.45) is 0 Å². The summed E-state index contributed by atoms with van der Waals surface area (Å²) < 4.78 is 39.2. The van der Waals surface area contributed by atoms with Crippen molar-refractivity contribution >= 4 is 29.6 Å². The molecule has 1 amide bonds. The van der Waals surface area contributed by atoms with E-state index >= 15 is 0 Å². The number of ether oxygens (including phenoxy) is 1. The Kier molecular flexibility index (Phi) is 9.70. The second-order valence-electron chi connectivity index (χ2n) is 8.68. The number of tetrazole rings is 1. The first kappa shape index (κ1) is 30.0. The van der Waals surface area contributed by atoms with Crippen LogP contribution in [-0.4, -0.2) is 59.9 Å². The highest BCUT2D eigenvalue weighted by molar-refractivity contribution is 6.30.